The van der Waals surface area contributed by atoms with E-state index in [0.717, 1.165) is 22.4 Å². The SMILES string of the molecule is Cc1ccc(/C=C2\Oc3c4c(cc(C)c3C2=O)OCN(C(C)c2ccccc2)C4)cc1. The van der Waals surface area contributed by atoms with Crippen molar-refractivity contribution >= 4 is 11.9 Å². The lowest BCUT2D eigenvalue weighted by Crippen LogP contribution is -2.34. The van der Waals surface area contributed by atoms with Crippen LogP contribution in [0.1, 0.15) is 51.1 Å². The summed E-state index contributed by atoms with van der Waals surface area (Å²) >= 11 is 0. The molecule has 5 rings (SSSR count). The second-order valence-corrected chi connectivity index (χ2v) is 8.33. The molecule has 31 heavy (non-hydrogen) atoms. The van der Waals surface area contributed by atoms with Crippen molar-refractivity contribution in [1.82, 2.24) is 4.90 Å². The van der Waals surface area contributed by atoms with Gasteiger partial charge in [0, 0.05) is 12.6 Å². The van der Waals surface area contributed by atoms with Crippen LogP contribution < -0.4 is 9.47 Å². The molecule has 0 amide bonds. The molecule has 4 nitrogen and oxygen atoms in total. The van der Waals surface area contributed by atoms with Crippen molar-refractivity contribution in [2.75, 3.05) is 6.73 Å². The number of ketones is 1. The molecule has 2 aliphatic rings. The van der Waals surface area contributed by atoms with Crippen molar-refractivity contribution in [3.63, 3.8) is 0 Å². The number of hydrogen-bond donors (Lipinski definition) is 0. The van der Waals surface area contributed by atoms with E-state index in [1.165, 1.54) is 11.1 Å². The zero-order valence-electron chi connectivity index (χ0n) is 18.0. The molecule has 0 saturated carbocycles. The van der Waals surface area contributed by atoms with Crippen LogP contribution in [0, 0.1) is 13.8 Å². The zero-order chi connectivity index (χ0) is 21.5. The Morgan fingerprint density at radius 1 is 1.03 bits per heavy atom. The number of hydrogen-bond acceptors (Lipinski definition) is 4. The lowest BCUT2D eigenvalue weighted by atomic mass is 9.97. The third kappa shape index (κ3) is 3.53. The second kappa shape index (κ2) is 7.71. The fraction of sp³-hybridized carbons (Fsp3) is 0.222. The van der Waals surface area contributed by atoms with Gasteiger partial charge in [-0.25, -0.2) is 0 Å². The first-order chi connectivity index (χ1) is 15.0. The molecule has 0 N–H and O–H groups in total. The smallest absolute Gasteiger partial charge is 0.232 e. The van der Waals surface area contributed by atoms with Gasteiger partial charge in [0.25, 0.3) is 0 Å². The van der Waals surface area contributed by atoms with Crippen LogP contribution in [-0.2, 0) is 6.54 Å². The molecule has 0 radical (unpaired) electrons. The van der Waals surface area contributed by atoms with E-state index in [-0.39, 0.29) is 11.8 Å². The number of Topliss-reactive ketones (excluding diaryl/α,β-unsaturated/α-hetero) is 1. The summed E-state index contributed by atoms with van der Waals surface area (Å²) in [6.45, 7) is 7.33. The van der Waals surface area contributed by atoms with Gasteiger partial charge in [-0.1, -0.05) is 60.2 Å². The average Bonchev–Trinajstić information content (AvgIpc) is 3.12. The van der Waals surface area contributed by atoms with Gasteiger partial charge in [-0.15, -0.1) is 0 Å². The number of ether oxygens (including phenoxy) is 2. The van der Waals surface area contributed by atoms with Gasteiger partial charge in [-0.3, -0.25) is 9.69 Å². The molecule has 1 unspecified atom stereocenters. The van der Waals surface area contributed by atoms with E-state index in [4.69, 9.17) is 9.47 Å². The van der Waals surface area contributed by atoms with Gasteiger partial charge in [0.2, 0.25) is 5.78 Å². The molecule has 1 atom stereocenters. The summed E-state index contributed by atoms with van der Waals surface area (Å²) in [4.78, 5) is 15.4. The Kier molecular flexibility index (Phi) is 4.87. The highest BCUT2D eigenvalue weighted by Crippen LogP contribution is 2.45. The molecule has 0 spiro atoms. The number of carbonyl (C=O) groups is 1. The zero-order valence-corrected chi connectivity index (χ0v) is 18.0. The first-order valence-electron chi connectivity index (χ1n) is 10.6. The number of carbonyl (C=O) groups excluding carboxylic acids is 1. The summed E-state index contributed by atoms with van der Waals surface area (Å²) in [5.41, 5.74) is 5.83. The molecule has 3 aromatic carbocycles. The molecule has 0 aliphatic carbocycles. The van der Waals surface area contributed by atoms with E-state index in [9.17, 15) is 4.79 Å². The summed E-state index contributed by atoms with van der Waals surface area (Å²) in [5.74, 6) is 1.74. The highest BCUT2D eigenvalue weighted by atomic mass is 16.5. The molecule has 156 valence electrons. The van der Waals surface area contributed by atoms with Crippen LogP contribution in [-0.4, -0.2) is 17.4 Å². The number of allylic oxidation sites excluding steroid dienone is 1. The van der Waals surface area contributed by atoms with Gasteiger partial charge in [-0.2, -0.15) is 0 Å². The number of aryl methyl sites for hydroxylation is 2. The average molecular weight is 412 g/mol. The summed E-state index contributed by atoms with van der Waals surface area (Å²) in [7, 11) is 0. The maximum absolute atomic E-state index is 13.2. The van der Waals surface area contributed by atoms with Crippen molar-refractivity contribution in [2.45, 2.75) is 33.4 Å². The molecule has 4 heteroatoms. The Balaban J connectivity index is 1.49. The third-order valence-electron chi connectivity index (χ3n) is 6.16. The Bertz CT molecular complexity index is 1180. The predicted octanol–water partition coefficient (Wildman–Crippen LogP) is 5.83. The molecule has 3 aromatic rings. The number of fused-ring (bicyclic) bond motifs is 3. The van der Waals surface area contributed by atoms with Crippen molar-refractivity contribution in [2.24, 2.45) is 0 Å². The van der Waals surface area contributed by atoms with Gasteiger partial charge >= 0.3 is 0 Å². The molecular formula is C27H25NO3. The predicted molar refractivity (Wildman–Crippen MR) is 121 cm³/mol. The summed E-state index contributed by atoms with van der Waals surface area (Å²) < 4.78 is 12.3. The van der Waals surface area contributed by atoms with Crippen molar-refractivity contribution < 1.29 is 14.3 Å². The van der Waals surface area contributed by atoms with E-state index in [1.54, 1.807) is 0 Å². The molecule has 0 bridgehead atoms. The monoisotopic (exact) mass is 411 g/mol. The van der Waals surface area contributed by atoms with E-state index in [2.05, 4.69) is 36.1 Å². The number of benzene rings is 3. The van der Waals surface area contributed by atoms with Gasteiger partial charge in [0.15, 0.2) is 5.76 Å². The van der Waals surface area contributed by atoms with Gasteiger partial charge in [-0.05, 0) is 49.6 Å². The van der Waals surface area contributed by atoms with E-state index in [1.807, 2.05) is 56.3 Å². The Hall–Kier alpha value is -3.37. The van der Waals surface area contributed by atoms with Gasteiger partial charge in [0.1, 0.15) is 18.2 Å². The number of nitrogens with zero attached hydrogens (tertiary/aromatic N) is 1. The molecular weight excluding hydrogens is 386 g/mol. The number of rotatable bonds is 3. The van der Waals surface area contributed by atoms with E-state index < -0.39 is 0 Å². The van der Waals surface area contributed by atoms with Crippen LogP contribution in [0.15, 0.2) is 66.4 Å². The standard InChI is InChI=1S/C27H25NO3/c1-17-9-11-20(12-10-17)14-24-26(29)25-18(2)13-23-22(27(25)31-24)15-28(16-30-23)19(3)21-7-5-4-6-8-21/h4-14,19H,15-16H2,1-3H3/b24-14-. The van der Waals surface area contributed by atoms with Crippen LogP contribution in [0.5, 0.6) is 11.5 Å². The first-order valence-corrected chi connectivity index (χ1v) is 10.6. The highest BCUT2D eigenvalue weighted by molar-refractivity contribution is 6.15. The second-order valence-electron chi connectivity index (χ2n) is 8.33. The largest absolute Gasteiger partial charge is 0.478 e. The Morgan fingerprint density at radius 2 is 1.77 bits per heavy atom. The van der Waals surface area contributed by atoms with Crippen molar-refractivity contribution in [3.05, 3.63) is 99.8 Å². The minimum absolute atomic E-state index is 0.0656. The Labute approximate surface area is 182 Å². The van der Waals surface area contributed by atoms with Crippen molar-refractivity contribution in [1.29, 1.82) is 0 Å². The maximum atomic E-state index is 13.2. The van der Waals surface area contributed by atoms with Crippen LogP contribution >= 0.6 is 0 Å². The molecule has 0 saturated heterocycles. The fourth-order valence-electron chi connectivity index (χ4n) is 4.25. The van der Waals surface area contributed by atoms with Crippen LogP contribution in [0.3, 0.4) is 0 Å². The van der Waals surface area contributed by atoms with Crippen LogP contribution in [0.4, 0.5) is 0 Å². The molecule has 2 aliphatic heterocycles. The van der Waals surface area contributed by atoms with Gasteiger partial charge < -0.3 is 9.47 Å². The molecule has 2 heterocycles. The van der Waals surface area contributed by atoms with Gasteiger partial charge in [0.05, 0.1) is 11.1 Å². The molecule has 0 fully saturated rings. The van der Waals surface area contributed by atoms with Crippen LogP contribution in [0.2, 0.25) is 0 Å². The highest BCUT2D eigenvalue weighted by Gasteiger charge is 2.36. The first kappa shape index (κ1) is 19.6. The quantitative estimate of drug-likeness (QED) is 0.508. The normalized spacial score (nSPS) is 17.6. The third-order valence-corrected chi connectivity index (χ3v) is 6.16. The summed E-state index contributed by atoms with van der Waals surface area (Å²) in [6.07, 6.45) is 1.82. The van der Waals surface area contributed by atoms with Crippen LogP contribution in [0.25, 0.3) is 6.08 Å². The van der Waals surface area contributed by atoms with E-state index >= 15 is 0 Å². The summed E-state index contributed by atoms with van der Waals surface area (Å²) in [5, 5.41) is 0. The maximum Gasteiger partial charge on any atom is 0.232 e. The summed E-state index contributed by atoms with van der Waals surface area (Å²) in [6, 6.07) is 20.6. The Morgan fingerprint density at radius 3 is 2.52 bits per heavy atom. The molecule has 0 aromatic heterocycles. The fourth-order valence-corrected chi connectivity index (χ4v) is 4.25. The lowest BCUT2D eigenvalue weighted by molar-refractivity contribution is 0.0605. The topological polar surface area (TPSA) is 38.8 Å². The minimum atomic E-state index is -0.0656. The van der Waals surface area contributed by atoms with E-state index in [0.29, 0.717) is 30.3 Å². The van der Waals surface area contributed by atoms with Crippen molar-refractivity contribution in [3.8, 4) is 11.5 Å². The minimum Gasteiger partial charge on any atom is -0.478 e. The lowest BCUT2D eigenvalue weighted by Gasteiger charge is -2.34.